The Kier molecular flexibility index (Phi) is 24.7. The minimum absolute atomic E-state index is 0.345. The zero-order valence-corrected chi connectivity index (χ0v) is 22.5. The summed E-state index contributed by atoms with van der Waals surface area (Å²) in [5.41, 5.74) is 0. The highest BCUT2D eigenvalue weighted by atomic mass is 16.4. The Labute approximate surface area is 202 Å². The lowest BCUT2D eigenvalue weighted by atomic mass is 9.89. The molecule has 0 saturated carbocycles. The van der Waals surface area contributed by atoms with Crippen molar-refractivity contribution in [2.24, 2.45) is 11.8 Å². The molecule has 32 heavy (non-hydrogen) atoms. The van der Waals surface area contributed by atoms with Gasteiger partial charge in [-0.15, -0.1) is 0 Å². The summed E-state index contributed by atoms with van der Waals surface area (Å²) < 4.78 is 0. The number of aliphatic carboxylic acids is 1. The predicted octanol–water partition coefficient (Wildman–Crippen LogP) is 10.7. The molecule has 2 unspecified atom stereocenters. The van der Waals surface area contributed by atoms with Crippen LogP contribution in [0.3, 0.4) is 0 Å². The molecule has 0 aromatic carbocycles. The van der Waals surface area contributed by atoms with Gasteiger partial charge < -0.3 is 5.11 Å². The number of unbranched alkanes of at least 4 members (excludes halogenated alkanes) is 18. The molecule has 0 aliphatic rings. The fraction of sp³-hybridized carbons (Fsp3) is 0.967. The SMILES string of the molecule is CCCCCCC(C)CC(C)CCCCCCCCCCCCCCCCCCC(=O)O. The van der Waals surface area contributed by atoms with Gasteiger partial charge in [-0.2, -0.15) is 0 Å². The standard InChI is InChI=1S/C30H60O2/c1-4-5-6-21-24-28(2)27-29(3)25-22-19-17-15-13-11-9-7-8-10-12-14-16-18-20-23-26-30(31)32/h28-29H,4-27H2,1-3H3,(H,31,32). The van der Waals surface area contributed by atoms with Crippen LogP contribution < -0.4 is 0 Å². The fourth-order valence-electron chi connectivity index (χ4n) is 5.09. The van der Waals surface area contributed by atoms with E-state index in [4.69, 9.17) is 5.11 Å². The van der Waals surface area contributed by atoms with Crippen molar-refractivity contribution in [2.75, 3.05) is 0 Å². The van der Waals surface area contributed by atoms with E-state index in [2.05, 4.69) is 20.8 Å². The average molecular weight is 453 g/mol. The van der Waals surface area contributed by atoms with E-state index in [1.807, 2.05) is 0 Å². The maximum absolute atomic E-state index is 10.4. The second kappa shape index (κ2) is 25.1. The molecule has 2 nitrogen and oxygen atoms in total. The van der Waals surface area contributed by atoms with Crippen molar-refractivity contribution >= 4 is 5.97 Å². The quantitative estimate of drug-likeness (QED) is 0.132. The Bertz CT molecular complexity index is 379. The lowest BCUT2D eigenvalue weighted by Crippen LogP contribution is -2.03. The number of carbonyl (C=O) groups is 1. The number of hydrogen-bond acceptors (Lipinski definition) is 1. The summed E-state index contributed by atoms with van der Waals surface area (Å²) in [5.74, 6) is 1.20. The van der Waals surface area contributed by atoms with Crippen LogP contribution in [0.5, 0.6) is 0 Å². The van der Waals surface area contributed by atoms with Gasteiger partial charge in [0.15, 0.2) is 0 Å². The van der Waals surface area contributed by atoms with Gasteiger partial charge in [0.25, 0.3) is 0 Å². The molecule has 0 fully saturated rings. The first-order chi connectivity index (χ1) is 15.6. The van der Waals surface area contributed by atoms with Crippen molar-refractivity contribution in [1.82, 2.24) is 0 Å². The summed E-state index contributed by atoms with van der Waals surface area (Å²) >= 11 is 0. The molecule has 0 radical (unpaired) electrons. The average Bonchev–Trinajstić information content (AvgIpc) is 2.75. The molecule has 0 rings (SSSR count). The summed E-state index contributed by atoms with van der Waals surface area (Å²) in [7, 11) is 0. The third-order valence-electron chi connectivity index (χ3n) is 7.19. The van der Waals surface area contributed by atoms with E-state index in [1.54, 1.807) is 0 Å². The molecular weight excluding hydrogens is 392 g/mol. The van der Waals surface area contributed by atoms with Crippen LogP contribution in [-0.2, 0) is 4.79 Å². The normalized spacial score (nSPS) is 13.3. The number of carboxylic acid groups (broad SMARTS) is 1. The predicted molar refractivity (Wildman–Crippen MR) is 142 cm³/mol. The van der Waals surface area contributed by atoms with Gasteiger partial charge in [-0.05, 0) is 24.7 Å². The van der Waals surface area contributed by atoms with E-state index in [1.165, 1.54) is 135 Å². The molecule has 0 aromatic heterocycles. The molecule has 192 valence electrons. The largest absolute Gasteiger partial charge is 0.481 e. The van der Waals surface area contributed by atoms with E-state index in [9.17, 15) is 4.79 Å². The molecular formula is C30H60O2. The summed E-state index contributed by atoms with van der Waals surface area (Å²) in [4.78, 5) is 10.4. The van der Waals surface area contributed by atoms with Crippen LogP contribution >= 0.6 is 0 Å². The lowest BCUT2D eigenvalue weighted by molar-refractivity contribution is -0.137. The van der Waals surface area contributed by atoms with Crippen molar-refractivity contribution in [3.63, 3.8) is 0 Å². The minimum Gasteiger partial charge on any atom is -0.481 e. The molecule has 0 amide bonds. The first-order valence-corrected chi connectivity index (χ1v) is 14.8. The van der Waals surface area contributed by atoms with Crippen LogP contribution in [0.4, 0.5) is 0 Å². The number of hydrogen-bond donors (Lipinski definition) is 1. The smallest absolute Gasteiger partial charge is 0.303 e. The van der Waals surface area contributed by atoms with Gasteiger partial charge in [0.1, 0.15) is 0 Å². The van der Waals surface area contributed by atoms with Crippen molar-refractivity contribution in [3.05, 3.63) is 0 Å². The maximum atomic E-state index is 10.4. The van der Waals surface area contributed by atoms with Crippen LogP contribution in [0.2, 0.25) is 0 Å². The van der Waals surface area contributed by atoms with Gasteiger partial charge in [-0.3, -0.25) is 4.79 Å². The highest BCUT2D eigenvalue weighted by Crippen LogP contribution is 2.23. The third kappa shape index (κ3) is 25.7. The van der Waals surface area contributed by atoms with Crippen LogP contribution in [-0.4, -0.2) is 11.1 Å². The van der Waals surface area contributed by atoms with Crippen LogP contribution in [0.15, 0.2) is 0 Å². The van der Waals surface area contributed by atoms with Gasteiger partial charge in [0, 0.05) is 6.42 Å². The Morgan fingerprint density at radius 1 is 0.531 bits per heavy atom. The van der Waals surface area contributed by atoms with Crippen LogP contribution in [0, 0.1) is 11.8 Å². The minimum atomic E-state index is -0.650. The van der Waals surface area contributed by atoms with E-state index >= 15 is 0 Å². The highest BCUT2D eigenvalue weighted by molar-refractivity contribution is 5.66. The van der Waals surface area contributed by atoms with Crippen molar-refractivity contribution in [2.45, 2.75) is 175 Å². The van der Waals surface area contributed by atoms with Gasteiger partial charge >= 0.3 is 5.97 Å². The lowest BCUT2D eigenvalue weighted by Gasteiger charge is -2.17. The first kappa shape index (κ1) is 31.5. The molecule has 0 aliphatic carbocycles. The highest BCUT2D eigenvalue weighted by Gasteiger charge is 2.08. The Hall–Kier alpha value is -0.530. The fourth-order valence-corrected chi connectivity index (χ4v) is 5.09. The summed E-state index contributed by atoms with van der Waals surface area (Å²) in [5, 5.41) is 8.61. The Morgan fingerprint density at radius 3 is 1.19 bits per heavy atom. The summed E-state index contributed by atoms with van der Waals surface area (Å²) in [6.07, 6.45) is 31.8. The zero-order chi connectivity index (χ0) is 23.7. The van der Waals surface area contributed by atoms with E-state index in [0.717, 1.165) is 24.7 Å². The third-order valence-corrected chi connectivity index (χ3v) is 7.19. The van der Waals surface area contributed by atoms with Gasteiger partial charge in [-0.1, -0.05) is 156 Å². The molecule has 1 N–H and O–H groups in total. The number of rotatable bonds is 26. The molecule has 0 heterocycles. The van der Waals surface area contributed by atoms with Gasteiger partial charge in [0.2, 0.25) is 0 Å². The van der Waals surface area contributed by atoms with Gasteiger partial charge in [-0.25, -0.2) is 0 Å². The van der Waals surface area contributed by atoms with E-state index in [0.29, 0.717) is 6.42 Å². The van der Waals surface area contributed by atoms with Crippen molar-refractivity contribution < 1.29 is 9.90 Å². The first-order valence-electron chi connectivity index (χ1n) is 14.8. The van der Waals surface area contributed by atoms with E-state index < -0.39 is 5.97 Å². The topological polar surface area (TPSA) is 37.3 Å². The van der Waals surface area contributed by atoms with Crippen LogP contribution in [0.25, 0.3) is 0 Å². The van der Waals surface area contributed by atoms with E-state index in [-0.39, 0.29) is 0 Å². The Balaban J connectivity index is 3.20. The molecule has 2 heteroatoms. The monoisotopic (exact) mass is 452 g/mol. The van der Waals surface area contributed by atoms with Crippen LogP contribution in [0.1, 0.15) is 175 Å². The molecule has 0 aromatic rings. The Morgan fingerprint density at radius 2 is 0.844 bits per heavy atom. The number of carboxylic acids is 1. The molecule has 0 spiro atoms. The molecule has 2 atom stereocenters. The second-order valence-corrected chi connectivity index (χ2v) is 10.9. The summed E-state index contributed by atoms with van der Waals surface area (Å²) in [6.45, 7) is 7.24. The summed E-state index contributed by atoms with van der Waals surface area (Å²) in [6, 6.07) is 0. The maximum Gasteiger partial charge on any atom is 0.303 e. The van der Waals surface area contributed by atoms with Crippen molar-refractivity contribution in [1.29, 1.82) is 0 Å². The van der Waals surface area contributed by atoms with Crippen molar-refractivity contribution in [3.8, 4) is 0 Å². The zero-order valence-electron chi connectivity index (χ0n) is 22.5. The van der Waals surface area contributed by atoms with Gasteiger partial charge in [0.05, 0.1) is 0 Å². The second-order valence-electron chi connectivity index (χ2n) is 10.9. The molecule has 0 bridgehead atoms. The molecule has 0 aliphatic heterocycles. The molecule has 0 saturated heterocycles.